The molecule has 2 radical (unpaired) electrons. The van der Waals surface area contributed by atoms with Gasteiger partial charge < -0.3 is 9.47 Å². The highest BCUT2D eigenvalue weighted by atomic mass is 16.5. The molecule has 0 bridgehead atoms. The lowest BCUT2D eigenvalue weighted by atomic mass is 10.2. The van der Waals surface area contributed by atoms with Crippen LogP contribution >= 0.6 is 0 Å². The van der Waals surface area contributed by atoms with E-state index in [-0.39, 0.29) is 0 Å². The summed E-state index contributed by atoms with van der Waals surface area (Å²) in [6, 6.07) is 5.33. The molecule has 0 saturated carbocycles. The van der Waals surface area contributed by atoms with Crippen molar-refractivity contribution < 1.29 is 14.3 Å². The molecule has 78 valence electrons. The minimum absolute atomic E-state index is 0.482. The minimum atomic E-state index is -0.482. The van der Waals surface area contributed by atoms with E-state index in [0.717, 1.165) is 5.56 Å². The van der Waals surface area contributed by atoms with Crippen LogP contribution < -0.4 is 9.47 Å². The Bertz CT molecular complexity index is 380. The number of hydrogen-bond donors (Lipinski definition) is 0. The first kappa shape index (κ1) is 11.3. The lowest BCUT2D eigenvalue weighted by molar-refractivity contribution is -0.110. The topological polar surface area (TPSA) is 35.5 Å². The van der Waals surface area contributed by atoms with Crippen molar-refractivity contribution in [1.29, 1.82) is 0 Å². The van der Waals surface area contributed by atoms with Gasteiger partial charge in [0.05, 0.1) is 14.2 Å². The van der Waals surface area contributed by atoms with Crippen LogP contribution in [0, 0.1) is 6.92 Å². The molecule has 0 saturated heterocycles. The number of carbonyl (C=O) groups excluding carboxylic acids is 1. The number of hydrogen-bond acceptors (Lipinski definition) is 3. The normalized spacial score (nSPS) is 10.3. The van der Waals surface area contributed by atoms with Crippen LogP contribution in [0.25, 0.3) is 6.08 Å². The average Bonchev–Trinajstić information content (AvgIpc) is 2.25. The number of ether oxygens (including phenoxy) is 2. The molecule has 0 heterocycles. The molecular weight excluding hydrogens is 192 g/mol. The van der Waals surface area contributed by atoms with E-state index in [9.17, 15) is 4.79 Å². The summed E-state index contributed by atoms with van der Waals surface area (Å²) < 4.78 is 10.2. The van der Waals surface area contributed by atoms with E-state index in [0.29, 0.717) is 11.5 Å². The molecule has 0 aliphatic heterocycles. The van der Waals surface area contributed by atoms with Gasteiger partial charge in [0, 0.05) is 6.92 Å². The Morgan fingerprint density at radius 2 is 1.93 bits per heavy atom. The Kier molecular flexibility index (Phi) is 3.92. The molecule has 0 amide bonds. The molecule has 1 aromatic carbocycles. The average molecular weight is 204 g/mol. The van der Waals surface area contributed by atoms with Crippen LogP contribution in [0.5, 0.6) is 11.5 Å². The maximum Gasteiger partial charge on any atom is 0.161 e. The van der Waals surface area contributed by atoms with Crippen LogP contribution in [0.15, 0.2) is 24.3 Å². The van der Waals surface area contributed by atoms with Gasteiger partial charge in [0.15, 0.2) is 17.3 Å². The second-order valence-corrected chi connectivity index (χ2v) is 2.85. The predicted molar refractivity (Wildman–Crippen MR) is 57.9 cm³/mol. The fourth-order valence-electron chi connectivity index (χ4n) is 1.13. The summed E-state index contributed by atoms with van der Waals surface area (Å²) in [5.74, 6) is 0.780. The van der Waals surface area contributed by atoms with Crippen LogP contribution in [-0.4, -0.2) is 20.0 Å². The molecule has 0 N–H and O–H groups in total. The molecule has 0 fully saturated rings. The summed E-state index contributed by atoms with van der Waals surface area (Å²) >= 11 is 0. The van der Waals surface area contributed by atoms with Gasteiger partial charge in [0.1, 0.15) is 0 Å². The predicted octanol–water partition coefficient (Wildman–Crippen LogP) is 2.00. The third-order valence-corrected chi connectivity index (χ3v) is 1.85. The van der Waals surface area contributed by atoms with Crippen molar-refractivity contribution in [3.05, 3.63) is 36.8 Å². The van der Waals surface area contributed by atoms with E-state index in [1.165, 1.54) is 6.08 Å². The molecule has 3 nitrogen and oxygen atoms in total. The monoisotopic (exact) mass is 204 g/mol. The van der Waals surface area contributed by atoms with Crippen LogP contribution in [0.2, 0.25) is 0 Å². The number of allylic oxidation sites excluding steroid dienone is 1. The van der Waals surface area contributed by atoms with Crippen molar-refractivity contribution in [2.24, 2.45) is 0 Å². The lowest BCUT2D eigenvalue weighted by Gasteiger charge is -2.07. The molecule has 1 aromatic rings. The lowest BCUT2D eigenvalue weighted by Crippen LogP contribution is -1.90. The third kappa shape index (κ3) is 3.13. The largest absolute Gasteiger partial charge is 0.493 e. The highest BCUT2D eigenvalue weighted by Gasteiger charge is 2.02. The molecule has 15 heavy (non-hydrogen) atoms. The number of carbonyl (C=O) groups is 1. The zero-order chi connectivity index (χ0) is 11.3. The standard InChI is InChI=1S/C12H12O3/c1-9(13)4-5-10-6-7-11(14-2)12(8-10)15-3/h1,4-8H,2-3H3/b5-4+. The van der Waals surface area contributed by atoms with Crippen molar-refractivity contribution in [3.63, 3.8) is 0 Å². The summed E-state index contributed by atoms with van der Waals surface area (Å²) in [5, 5.41) is 0. The van der Waals surface area contributed by atoms with Gasteiger partial charge >= 0.3 is 0 Å². The Morgan fingerprint density at radius 3 is 2.47 bits per heavy atom. The molecule has 0 aliphatic carbocycles. The Hall–Kier alpha value is -1.77. The highest BCUT2D eigenvalue weighted by molar-refractivity contribution is 5.96. The van der Waals surface area contributed by atoms with Gasteiger partial charge in [0.25, 0.3) is 0 Å². The maximum absolute atomic E-state index is 10.5. The SMILES string of the molecule is [CH]C(=O)/C=C/c1ccc(OC)c(OC)c1. The van der Waals surface area contributed by atoms with E-state index >= 15 is 0 Å². The first-order chi connectivity index (χ1) is 7.17. The molecule has 0 unspecified atom stereocenters. The zero-order valence-electron chi connectivity index (χ0n) is 8.69. The summed E-state index contributed by atoms with van der Waals surface area (Å²) in [5.41, 5.74) is 0.825. The van der Waals surface area contributed by atoms with E-state index in [1.807, 2.05) is 0 Å². The van der Waals surface area contributed by atoms with Crippen LogP contribution in [-0.2, 0) is 4.79 Å². The molecule has 0 atom stereocenters. The molecule has 0 aliphatic rings. The van der Waals surface area contributed by atoms with Gasteiger partial charge in [-0.3, -0.25) is 4.79 Å². The first-order valence-electron chi connectivity index (χ1n) is 4.37. The first-order valence-corrected chi connectivity index (χ1v) is 4.37. The van der Waals surface area contributed by atoms with E-state index in [2.05, 4.69) is 0 Å². The second kappa shape index (κ2) is 5.20. The van der Waals surface area contributed by atoms with Crippen molar-refractivity contribution in [1.82, 2.24) is 0 Å². The number of methoxy groups -OCH3 is 2. The number of rotatable bonds is 4. The van der Waals surface area contributed by atoms with Crippen LogP contribution in [0.1, 0.15) is 5.56 Å². The Labute approximate surface area is 89.3 Å². The summed E-state index contributed by atoms with van der Waals surface area (Å²) in [7, 11) is 3.12. The van der Waals surface area contributed by atoms with E-state index in [1.54, 1.807) is 38.5 Å². The molecule has 3 heteroatoms. The summed E-state index contributed by atoms with van der Waals surface area (Å²) in [4.78, 5) is 10.5. The number of ketones is 1. The van der Waals surface area contributed by atoms with Crippen molar-refractivity contribution >= 4 is 11.9 Å². The van der Waals surface area contributed by atoms with Crippen molar-refractivity contribution in [2.75, 3.05) is 14.2 Å². The van der Waals surface area contributed by atoms with Gasteiger partial charge in [-0.1, -0.05) is 12.1 Å². The summed E-state index contributed by atoms with van der Waals surface area (Å²) in [6.07, 6.45) is 2.91. The number of benzene rings is 1. The molecular formula is C12H12O3. The Morgan fingerprint density at radius 1 is 1.27 bits per heavy atom. The van der Waals surface area contributed by atoms with Crippen molar-refractivity contribution in [3.8, 4) is 11.5 Å². The fraction of sp³-hybridized carbons (Fsp3) is 0.167. The molecule has 0 spiro atoms. The zero-order valence-corrected chi connectivity index (χ0v) is 8.69. The minimum Gasteiger partial charge on any atom is -0.493 e. The highest BCUT2D eigenvalue weighted by Crippen LogP contribution is 2.27. The maximum atomic E-state index is 10.5. The van der Waals surface area contributed by atoms with E-state index < -0.39 is 5.78 Å². The Balaban J connectivity index is 2.97. The summed E-state index contributed by atoms with van der Waals surface area (Å²) in [6.45, 7) is 4.99. The van der Waals surface area contributed by atoms with Gasteiger partial charge in [-0.15, -0.1) is 0 Å². The molecule has 0 aromatic heterocycles. The van der Waals surface area contributed by atoms with Gasteiger partial charge in [-0.25, -0.2) is 0 Å². The third-order valence-electron chi connectivity index (χ3n) is 1.85. The van der Waals surface area contributed by atoms with E-state index in [4.69, 9.17) is 16.4 Å². The van der Waals surface area contributed by atoms with Gasteiger partial charge in [-0.05, 0) is 23.8 Å². The quantitative estimate of drug-likeness (QED) is 0.704. The van der Waals surface area contributed by atoms with Gasteiger partial charge in [0.2, 0.25) is 0 Å². The second-order valence-electron chi connectivity index (χ2n) is 2.85. The molecule has 1 rings (SSSR count). The van der Waals surface area contributed by atoms with Crippen LogP contribution in [0.4, 0.5) is 0 Å². The fourth-order valence-corrected chi connectivity index (χ4v) is 1.13. The smallest absolute Gasteiger partial charge is 0.161 e. The van der Waals surface area contributed by atoms with Crippen molar-refractivity contribution in [2.45, 2.75) is 0 Å². The van der Waals surface area contributed by atoms with Crippen LogP contribution in [0.3, 0.4) is 0 Å². The van der Waals surface area contributed by atoms with Gasteiger partial charge in [-0.2, -0.15) is 0 Å².